The highest BCUT2D eigenvalue weighted by atomic mass is 35.5. The molecule has 94 valence electrons. The van der Waals surface area contributed by atoms with Crippen molar-refractivity contribution in [3.05, 3.63) is 58.6 Å². The molecule has 0 radical (unpaired) electrons. The second-order valence-corrected chi connectivity index (χ2v) is 4.95. The summed E-state index contributed by atoms with van der Waals surface area (Å²) >= 11 is 6.00. The van der Waals surface area contributed by atoms with Crippen molar-refractivity contribution in [1.29, 1.82) is 0 Å². The third-order valence-corrected chi connectivity index (χ3v) is 3.16. The number of nitrogens with one attached hydrogen (secondary N) is 1. The van der Waals surface area contributed by atoms with Crippen LogP contribution < -0.4 is 11.1 Å². The molecular weight excluding hydrogens is 244 g/mol. The Bertz CT molecular complexity index is 552. The Hall–Kier alpha value is -1.67. The molecule has 0 aliphatic heterocycles. The van der Waals surface area contributed by atoms with Gasteiger partial charge in [0, 0.05) is 11.1 Å². The van der Waals surface area contributed by atoms with Gasteiger partial charge in [-0.15, -0.1) is 0 Å². The van der Waals surface area contributed by atoms with Gasteiger partial charge in [-0.1, -0.05) is 29.8 Å². The molecule has 0 bridgehead atoms. The van der Waals surface area contributed by atoms with E-state index < -0.39 is 0 Å². The number of anilines is 2. The number of rotatable bonds is 3. The first-order valence-corrected chi connectivity index (χ1v) is 6.32. The minimum Gasteiger partial charge on any atom is -0.397 e. The average Bonchev–Trinajstić information content (AvgIpc) is 2.34. The molecule has 0 heterocycles. The molecule has 3 N–H and O–H groups in total. The second-order valence-electron chi connectivity index (χ2n) is 4.51. The smallest absolute Gasteiger partial charge is 0.0581 e. The van der Waals surface area contributed by atoms with E-state index in [0.29, 0.717) is 0 Å². The Kier molecular flexibility index (Phi) is 3.78. The summed E-state index contributed by atoms with van der Waals surface area (Å²) in [5, 5.41) is 4.16. The lowest BCUT2D eigenvalue weighted by Crippen LogP contribution is -2.08. The SMILES string of the molecule is Cc1ccc(N)c(NC(C)c2cccc(Cl)c2)c1. The Morgan fingerprint density at radius 1 is 1.17 bits per heavy atom. The summed E-state index contributed by atoms with van der Waals surface area (Å²) in [6.07, 6.45) is 0. The van der Waals surface area contributed by atoms with Gasteiger partial charge < -0.3 is 11.1 Å². The van der Waals surface area contributed by atoms with Crippen LogP contribution in [-0.2, 0) is 0 Å². The van der Waals surface area contributed by atoms with E-state index in [2.05, 4.69) is 31.3 Å². The Balaban J connectivity index is 2.21. The van der Waals surface area contributed by atoms with E-state index in [1.165, 1.54) is 5.56 Å². The maximum absolute atomic E-state index is 6.00. The van der Waals surface area contributed by atoms with Crippen LogP contribution in [0.4, 0.5) is 11.4 Å². The van der Waals surface area contributed by atoms with E-state index in [1.807, 2.05) is 30.3 Å². The van der Waals surface area contributed by atoms with Gasteiger partial charge >= 0.3 is 0 Å². The minimum absolute atomic E-state index is 0.160. The van der Waals surface area contributed by atoms with Crippen molar-refractivity contribution in [2.45, 2.75) is 19.9 Å². The third kappa shape index (κ3) is 2.96. The lowest BCUT2D eigenvalue weighted by Gasteiger charge is -2.18. The van der Waals surface area contributed by atoms with E-state index in [-0.39, 0.29) is 6.04 Å². The van der Waals surface area contributed by atoms with Crippen LogP contribution in [0.15, 0.2) is 42.5 Å². The number of hydrogen-bond acceptors (Lipinski definition) is 2. The Labute approximate surface area is 113 Å². The molecule has 0 saturated heterocycles. The average molecular weight is 261 g/mol. The standard InChI is InChI=1S/C15H17ClN2/c1-10-6-7-14(17)15(8-10)18-11(2)12-4-3-5-13(16)9-12/h3-9,11,18H,17H2,1-2H3. The molecule has 2 rings (SSSR count). The third-order valence-electron chi connectivity index (χ3n) is 2.93. The van der Waals surface area contributed by atoms with Gasteiger partial charge in [-0.25, -0.2) is 0 Å². The fourth-order valence-corrected chi connectivity index (χ4v) is 2.09. The zero-order chi connectivity index (χ0) is 13.1. The van der Waals surface area contributed by atoms with E-state index >= 15 is 0 Å². The van der Waals surface area contributed by atoms with Crippen LogP contribution >= 0.6 is 11.6 Å². The molecule has 0 aromatic heterocycles. The largest absolute Gasteiger partial charge is 0.397 e. The molecule has 1 atom stereocenters. The predicted molar refractivity (Wildman–Crippen MR) is 79.1 cm³/mol. The molecule has 2 aromatic rings. The summed E-state index contributed by atoms with van der Waals surface area (Å²) in [4.78, 5) is 0. The van der Waals surface area contributed by atoms with Crippen LogP contribution in [0.2, 0.25) is 5.02 Å². The summed E-state index contributed by atoms with van der Waals surface area (Å²) in [6.45, 7) is 4.14. The van der Waals surface area contributed by atoms with Gasteiger partial charge in [-0.2, -0.15) is 0 Å². The van der Waals surface area contributed by atoms with Crippen molar-refractivity contribution in [1.82, 2.24) is 0 Å². The molecule has 1 unspecified atom stereocenters. The molecule has 0 amide bonds. The second kappa shape index (κ2) is 5.32. The summed E-state index contributed by atoms with van der Waals surface area (Å²) in [6, 6.07) is 14.0. The summed E-state index contributed by atoms with van der Waals surface area (Å²) in [5.41, 5.74) is 10.0. The fourth-order valence-electron chi connectivity index (χ4n) is 1.89. The molecule has 0 saturated carbocycles. The predicted octanol–water partition coefficient (Wildman–Crippen LogP) is 4.40. The van der Waals surface area contributed by atoms with Gasteiger partial charge in [0.15, 0.2) is 0 Å². The van der Waals surface area contributed by atoms with Crippen LogP contribution in [0.25, 0.3) is 0 Å². The highest BCUT2D eigenvalue weighted by Gasteiger charge is 2.07. The van der Waals surface area contributed by atoms with Crippen molar-refractivity contribution in [2.24, 2.45) is 0 Å². The van der Waals surface area contributed by atoms with Crippen LogP contribution in [0.3, 0.4) is 0 Å². The number of hydrogen-bond donors (Lipinski definition) is 2. The van der Waals surface area contributed by atoms with Crippen LogP contribution in [0.1, 0.15) is 24.1 Å². The first-order chi connectivity index (χ1) is 8.56. The maximum atomic E-state index is 6.00. The first-order valence-electron chi connectivity index (χ1n) is 5.94. The number of nitrogen functional groups attached to an aromatic ring is 1. The van der Waals surface area contributed by atoms with Crippen molar-refractivity contribution < 1.29 is 0 Å². The number of aryl methyl sites for hydroxylation is 1. The quantitative estimate of drug-likeness (QED) is 0.803. The van der Waals surface area contributed by atoms with E-state index in [1.54, 1.807) is 0 Å². The zero-order valence-electron chi connectivity index (χ0n) is 10.6. The van der Waals surface area contributed by atoms with Gasteiger partial charge in [0.2, 0.25) is 0 Å². The normalized spacial score (nSPS) is 12.2. The van der Waals surface area contributed by atoms with Gasteiger partial charge in [-0.05, 0) is 49.2 Å². The monoisotopic (exact) mass is 260 g/mol. The molecule has 0 fully saturated rings. The van der Waals surface area contributed by atoms with Gasteiger partial charge in [0.25, 0.3) is 0 Å². The number of nitrogens with two attached hydrogens (primary N) is 1. The summed E-state index contributed by atoms with van der Waals surface area (Å²) in [5.74, 6) is 0. The molecule has 2 nitrogen and oxygen atoms in total. The molecule has 0 aliphatic rings. The highest BCUT2D eigenvalue weighted by Crippen LogP contribution is 2.26. The Morgan fingerprint density at radius 2 is 1.94 bits per heavy atom. The number of benzene rings is 2. The lowest BCUT2D eigenvalue weighted by molar-refractivity contribution is 0.885. The number of halogens is 1. The van der Waals surface area contributed by atoms with Crippen molar-refractivity contribution >= 4 is 23.0 Å². The van der Waals surface area contributed by atoms with Gasteiger partial charge in [0.05, 0.1) is 11.4 Å². The maximum Gasteiger partial charge on any atom is 0.0581 e. The molecule has 3 heteroatoms. The van der Waals surface area contributed by atoms with E-state index in [4.69, 9.17) is 17.3 Å². The minimum atomic E-state index is 0.160. The molecule has 18 heavy (non-hydrogen) atoms. The zero-order valence-corrected chi connectivity index (χ0v) is 11.3. The van der Waals surface area contributed by atoms with E-state index in [0.717, 1.165) is 22.0 Å². The van der Waals surface area contributed by atoms with Crippen molar-refractivity contribution in [2.75, 3.05) is 11.1 Å². The first kappa shape index (κ1) is 12.8. The molecule has 2 aromatic carbocycles. The molecule has 0 aliphatic carbocycles. The van der Waals surface area contributed by atoms with Gasteiger partial charge in [-0.3, -0.25) is 0 Å². The van der Waals surface area contributed by atoms with Crippen LogP contribution in [-0.4, -0.2) is 0 Å². The van der Waals surface area contributed by atoms with E-state index in [9.17, 15) is 0 Å². The van der Waals surface area contributed by atoms with Crippen LogP contribution in [0.5, 0.6) is 0 Å². The van der Waals surface area contributed by atoms with Gasteiger partial charge in [0.1, 0.15) is 0 Å². The fraction of sp³-hybridized carbons (Fsp3) is 0.200. The van der Waals surface area contributed by atoms with Crippen molar-refractivity contribution in [3.8, 4) is 0 Å². The summed E-state index contributed by atoms with van der Waals surface area (Å²) < 4.78 is 0. The topological polar surface area (TPSA) is 38.0 Å². The molecule has 0 spiro atoms. The van der Waals surface area contributed by atoms with Crippen LogP contribution in [0, 0.1) is 6.92 Å². The highest BCUT2D eigenvalue weighted by molar-refractivity contribution is 6.30. The Morgan fingerprint density at radius 3 is 2.67 bits per heavy atom. The molecular formula is C15H17ClN2. The summed E-state index contributed by atoms with van der Waals surface area (Å²) in [7, 11) is 0. The lowest BCUT2D eigenvalue weighted by atomic mass is 10.1. The van der Waals surface area contributed by atoms with Crippen molar-refractivity contribution in [3.63, 3.8) is 0 Å².